The molecule has 1 heterocycles. The van der Waals surface area contributed by atoms with E-state index in [1.807, 2.05) is 30.3 Å². The molecule has 0 radical (unpaired) electrons. The van der Waals surface area contributed by atoms with Gasteiger partial charge in [0.15, 0.2) is 0 Å². The molecule has 1 nitrogen and oxygen atoms in total. The Bertz CT molecular complexity index is 560. The van der Waals surface area contributed by atoms with Crippen molar-refractivity contribution in [1.82, 2.24) is 0 Å². The summed E-state index contributed by atoms with van der Waals surface area (Å²) in [7, 11) is 0. The minimum absolute atomic E-state index is 0.829. The van der Waals surface area contributed by atoms with Crippen LogP contribution in [0.15, 0.2) is 54.7 Å². The highest BCUT2D eigenvalue weighted by Crippen LogP contribution is 2.29. The second kappa shape index (κ2) is 4.27. The van der Waals surface area contributed by atoms with E-state index < -0.39 is 0 Å². The Morgan fingerprint density at radius 2 is 1.76 bits per heavy atom. The van der Waals surface area contributed by atoms with Gasteiger partial charge in [0.1, 0.15) is 0 Å². The van der Waals surface area contributed by atoms with Crippen LogP contribution in [0.25, 0.3) is 6.08 Å². The van der Waals surface area contributed by atoms with Crippen LogP contribution in [-0.4, -0.2) is 0 Å². The Morgan fingerprint density at radius 1 is 0.941 bits per heavy atom. The predicted octanol–water partition coefficient (Wildman–Crippen LogP) is 4.33. The van der Waals surface area contributed by atoms with Crippen LogP contribution in [0.1, 0.15) is 11.1 Å². The van der Waals surface area contributed by atoms with Crippen molar-refractivity contribution < 1.29 is 0 Å². The van der Waals surface area contributed by atoms with Gasteiger partial charge < -0.3 is 4.90 Å². The molecule has 2 heteroatoms. The first-order valence-corrected chi connectivity index (χ1v) is 6.00. The number of nitrogens with zero attached hydrogens (tertiary/aromatic N) is 1. The minimum Gasteiger partial charge on any atom is -0.343 e. The number of benzene rings is 2. The Labute approximate surface area is 106 Å². The number of halogens is 1. The predicted molar refractivity (Wildman–Crippen MR) is 73.1 cm³/mol. The van der Waals surface area contributed by atoms with Gasteiger partial charge in [-0.15, -0.1) is 0 Å². The van der Waals surface area contributed by atoms with Crippen LogP contribution < -0.4 is 4.90 Å². The quantitative estimate of drug-likeness (QED) is 0.718. The summed E-state index contributed by atoms with van der Waals surface area (Å²) in [5.74, 6) is 0. The fourth-order valence-corrected chi connectivity index (χ4v) is 2.33. The Kier molecular flexibility index (Phi) is 2.62. The second-order valence-electron chi connectivity index (χ2n) is 4.09. The summed E-state index contributed by atoms with van der Waals surface area (Å²) in [5, 5.41) is 0.841. The highest BCUT2D eigenvalue weighted by atomic mass is 35.5. The molecule has 0 amide bonds. The molecule has 0 aromatic heterocycles. The van der Waals surface area contributed by atoms with E-state index in [0.717, 1.165) is 11.6 Å². The molecular weight excluding hydrogens is 230 g/mol. The molecule has 0 fully saturated rings. The molecule has 3 rings (SSSR count). The summed E-state index contributed by atoms with van der Waals surface area (Å²) >= 11 is 6.23. The molecule has 84 valence electrons. The lowest BCUT2D eigenvalue weighted by Crippen LogP contribution is -2.19. The summed E-state index contributed by atoms with van der Waals surface area (Å²) < 4.78 is 0. The smallest absolute Gasteiger partial charge is 0.0496 e. The van der Waals surface area contributed by atoms with Crippen molar-refractivity contribution in [2.45, 2.75) is 6.54 Å². The zero-order chi connectivity index (χ0) is 11.7. The van der Waals surface area contributed by atoms with Crippen molar-refractivity contribution in [3.05, 3.63) is 70.9 Å². The first-order valence-electron chi connectivity index (χ1n) is 5.62. The van der Waals surface area contributed by atoms with Crippen LogP contribution in [0.3, 0.4) is 0 Å². The number of rotatable bonds is 1. The lowest BCUT2D eigenvalue weighted by atomic mass is 10.0. The third kappa shape index (κ3) is 1.94. The van der Waals surface area contributed by atoms with E-state index in [9.17, 15) is 0 Å². The maximum atomic E-state index is 6.23. The maximum absolute atomic E-state index is 6.23. The lowest BCUT2D eigenvalue weighted by Gasteiger charge is -2.26. The minimum atomic E-state index is 0.829. The number of para-hydroxylation sites is 1. The average molecular weight is 242 g/mol. The lowest BCUT2D eigenvalue weighted by molar-refractivity contribution is 0.954. The van der Waals surface area contributed by atoms with Crippen LogP contribution >= 0.6 is 11.6 Å². The average Bonchev–Trinajstić information content (AvgIpc) is 2.40. The van der Waals surface area contributed by atoms with Gasteiger partial charge in [-0.2, -0.15) is 0 Å². The van der Waals surface area contributed by atoms with Crippen LogP contribution in [0.5, 0.6) is 0 Å². The fraction of sp³-hybridized carbons (Fsp3) is 0.0667. The van der Waals surface area contributed by atoms with Gasteiger partial charge in [0, 0.05) is 23.5 Å². The van der Waals surface area contributed by atoms with Crippen LogP contribution in [0.2, 0.25) is 5.02 Å². The van der Waals surface area contributed by atoms with Crippen molar-refractivity contribution in [2.24, 2.45) is 0 Å². The highest BCUT2D eigenvalue weighted by Gasteiger charge is 2.13. The van der Waals surface area contributed by atoms with Crippen molar-refractivity contribution in [2.75, 3.05) is 4.90 Å². The van der Waals surface area contributed by atoms with Crippen molar-refractivity contribution in [3.8, 4) is 0 Å². The van der Waals surface area contributed by atoms with Crippen LogP contribution in [-0.2, 0) is 6.54 Å². The largest absolute Gasteiger partial charge is 0.343 e. The first kappa shape index (κ1) is 10.4. The van der Waals surface area contributed by atoms with Gasteiger partial charge in [-0.25, -0.2) is 0 Å². The molecule has 0 spiro atoms. The Morgan fingerprint density at radius 3 is 2.59 bits per heavy atom. The number of hydrogen-bond donors (Lipinski definition) is 0. The zero-order valence-electron chi connectivity index (χ0n) is 9.31. The van der Waals surface area contributed by atoms with Gasteiger partial charge in [-0.3, -0.25) is 0 Å². The molecule has 0 atom stereocenters. The normalized spacial score (nSPS) is 13.6. The summed E-state index contributed by atoms with van der Waals surface area (Å²) in [4.78, 5) is 2.20. The van der Waals surface area contributed by atoms with Crippen LogP contribution in [0, 0.1) is 0 Å². The molecule has 0 saturated carbocycles. The van der Waals surface area contributed by atoms with E-state index in [1.54, 1.807) is 0 Å². The topological polar surface area (TPSA) is 3.24 Å². The van der Waals surface area contributed by atoms with Gasteiger partial charge in [0.05, 0.1) is 0 Å². The molecule has 0 aliphatic carbocycles. The van der Waals surface area contributed by atoms with Gasteiger partial charge in [-0.1, -0.05) is 41.9 Å². The molecule has 0 saturated heterocycles. The fourth-order valence-electron chi connectivity index (χ4n) is 2.09. The van der Waals surface area contributed by atoms with Crippen molar-refractivity contribution >= 4 is 23.4 Å². The summed E-state index contributed by atoms with van der Waals surface area (Å²) in [6.45, 7) is 0.829. The highest BCUT2D eigenvalue weighted by molar-refractivity contribution is 6.31. The van der Waals surface area contributed by atoms with E-state index in [1.165, 1.54) is 16.8 Å². The van der Waals surface area contributed by atoms with E-state index in [4.69, 9.17) is 11.6 Å². The molecule has 0 N–H and O–H groups in total. The molecule has 0 bridgehead atoms. The van der Waals surface area contributed by atoms with Crippen LogP contribution in [0.4, 0.5) is 5.69 Å². The van der Waals surface area contributed by atoms with Crippen molar-refractivity contribution in [1.29, 1.82) is 0 Å². The maximum Gasteiger partial charge on any atom is 0.0496 e. The molecule has 17 heavy (non-hydrogen) atoms. The standard InChI is InChI=1S/C15H12ClN/c16-15-8-4-5-12-9-10-17(11-14(12)15)13-6-2-1-3-7-13/h1-10H,11H2. The SMILES string of the molecule is Clc1cccc2c1CN(c1ccccc1)C=C2. The Balaban J connectivity index is 1.99. The van der Waals surface area contributed by atoms with Gasteiger partial charge in [0.25, 0.3) is 0 Å². The molecule has 1 aliphatic heterocycles. The first-order chi connectivity index (χ1) is 8.34. The molecular formula is C15H12ClN. The molecule has 2 aromatic rings. The van der Waals surface area contributed by atoms with Gasteiger partial charge in [-0.05, 0) is 35.4 Å². The molecule has 1 aliphatic rings. The van der Waals surface area contributed by atoms with Gasteiger partial charge >= 0.3 is 0 Å². The van der Waals surface area contributed by atoms with E-state index >= 15 is 0 Å². The van der Waals surface area contributed by atoms with E-state index in [2.05, 4.69) is 35.4 Å². The number of hydrogen-bond acceptors (Lipinski definition) is 1. The van der Waals surface area contributed by atoms with Gasteiger partial charge in [0.2, 0.25) is 0 Å². The zero-order valence-corrected chi connectivity index (χ0v) is 10.1. The third-order valence-electron chi connectivity index (χ3n) is 3.01. The summed E-state index contributed by atoms with van der Waals surface area (Å²) in [5.41, 5.74) is 3.60. The van der Waals surface area contributed by atoms with E-state index in [0.29, 0.717) is 0 Å². The third-order valence-corrected chi connectivity index (χ3v) is 3.36. The molecule has 2 aromatic carbocycles. The number of anilines is 1. The number of fused-ring (bicyclic) bond motifs is 1. The second-order valence-corrected chi connectivity index (χ2v) is 4.49. The monoisotopic (exact) mass is 241 g/mol. The van der Waals surface area contributed by atoms with E-state index in [-0.39, 0.29) is 0 Å². The summed E-state index contributed by atoms with van der Waals surface area (Å²) in [6.07, 6.45) is 4.21. The Hall–Kier alpha value is -1.73. The summed E-state index contributed by atoms with van der Waals surface area (Å²) in [6, 6.07) is 16.4. The van der Waals surface area contributed by atoms with Crippen molar-refractivity contribution in [3.63, 3.8) is 0 Å². The molecule has 0 unspecified atom stereocenters.